The standard InChI is InChI=1S/C23H29N3O2/c1-17-7-9-19(10-8-17)16-25-23(28)21(15-18-5-3-2-4-6-18)26-22(27)20-11-13-24-14-12-20/h2-10,20-21,24H,11-16H2,1H3,(H,25,28)(H,26,27)/t21-/m0/s1. The third-order valence-electron chi connectivity index (χ3n) is 5.21. The van der Waals surface area contributed by atoms with Crippen molar-refractivity contribution in [3.05, 3.63) is 71.3 Å². The Morgan fingerprint density at radius 2 is 1.68 bits per heavy atom. The van der Waals surface area contributed by atoms with Crippen LogP contribution in [0.1, 0.15) is 29.5 Å². The van der Waals surface area contributed by atoms with E-state index in [1.165, 1.54) is 5.56 Å². The molecule has 0 bridgehead atoms. The highest BCUT2D eigenvalue weighted by Crippen LogP contribution is 2.13. The van der Waals surface area contributed by atoms with Gasteiger partial charge in [-0.05, 0) is 44.0 Å². The zero-order valence-corrected chi connectivity index (χ0v) is 16.4. The SMILES string of the molecule is Cc1ccc(CNC(=O)[C@H](Cc2ccccc2)NC(=O)C2CCNCC2)cc1. The van der Waals surface area contributed by atoms with Crippen molar-refractivity contribution in [2.75, 3.05) is 13.1 Å². The number of carbonyl (C=O) groups excluding carboxylic acids is 2. The van der Waals surface area contributed by atoms with Gasteiger partial charge in [-0.15, -0.1) is 0 Å². The van der Waals surface area contributed by atoms with E-state index in [1.807, 2.05) is 61.5 Å². The Balaban J connectivity index is 1.64. The summed E-state index contributed by atoms with van der Waals surface area (Å²) in [5.41, 5.74) is 3.26. The Morgan fingerprint density at radius 1 is 1.00 bits per heavy atom. The van der Waals surface area contributed by atoms with Gasteiger partial charge < -0.3 is 16.0 Å². The largest absolute Gasteiger partial charge is 0.350 e. The highest BCUT2D eigenvalue weighted by atomic mass is 16.2. The second-order valence-corrected chi connectivity index (χ2v) is 7.48. The van der Waals surface area contributed by atoms with Crippen molar-refractivity contribution in [3.63, 3.8) is 0 Å². The summed E-state index contributed by atoms with van der Waals surface area (Å²) in [7, 11) is 0. The quantitative estimate of drug-likeness (QED) is 0.692. The van der Waals surface area contributed by atoms with E-state index in [0.29, 0.717) is 13.0 Å². The van der Waals surface area contributed by atoms with Crippen molar-refractivity contribution in [3.8, 4) is 0 Å². The van der Waals surface area contributed by atoms with Crippen molar-refractivity contribution in [2.45, 2.75) is 38.8 Å². The molecule has 3 N–H and O–H groups in total. The fraction of sp³-hybridized carbons (Fsp3) is 0.391. The molecule has 1 aliphatic heterocycles. The lowest BCUT2D eigenvalue weighted by molar-refractivity contribution is -0.131. The molecule has 3 rings (SSSR count). The van der Waals surface area contributed by atoms with Crippen LogP contribution in [0, 0.1) is 12.8 Å². The molecule has 2 aromatic rings. The number of hydrogen-bond acceptors (Lipinski definition) is 3. The molecule has 148 valence electrons. The molecule has 1 fully saturated rings. The van der Waals surface area contributed by atoms with Crippen LogP contribution >= 0.6 is 0 Å². The van der Waals surface area contributed by atoms with Crippen LogP contribution in [0.3, 0.4) is 0 Å². The number of rotatable bonds is 7. The number of carbonyl (C=O) groups is 2. The summed E-state index contributed by atoms with van der Waals surface area (Å²) in [6, 6.07) is 17.3. The molecular formula is C23H29N3O2. The maximum atomic E-state index is 12.9. The van der Waals surface area contributed by atoms with Gasteiger partial charge in [-0.25, -0.2) is 0 Å². The molecular weight excluding hydrogens is 350 g/mol. The molecule has 0 saturated carbocycles. The van der Waals surface area contributed by atoms with Crippen LogP contribution in [0.5, 0.6) is 0 Å². The lowest BCUT2D eigenvalue weighted by Gasteiger charge is -2.25. The molecule has 0 radical (unpaired) electrons. The van der Waals surface area contributed by atoms with E-state index in [1.54, 1.807) is 0 Å². The maximum Gasteiger partial charge on any atom is 0.243 e. The fourth-order valence-electron chi connectivity index (χ4n) is 3.45. The van der Waals surface area contributed by atoms with Gasteiger partial charge in [0.15, 0.2) is 0 Å². The predicted octanol–water partition coefficient (Wildman–Crippen LogP) is 2.34. The number of nitrogens with one attached hydrogen (secondary N) is 3. The Bertz CT molecular complexity index is 768. The zero-order chi connectivity index (χ0) is 19.8. The van der Waals surface area contributed by atoms with Crippen LogP contribution in [0.25, 0.3) is 0 Å². The van der Waals surface area contributed by atoms with Gasteiger partial charge in [-0.1, -0.05) is 60.2 Å². The van der Waals surface area contributed by atoms with Gasteiger partial charge >= 0.3 is 0 Å². The molecule has 2 aromatic carbocycles. The normalized spacial score (nSPS) is 15.6. The first-order chi connectivity index (χ1) is 13.6. The van der Waals surface area contributed by atoms with Crippen LogP contribution in [0.2, 0.25) is 0 Å². The Hall–Kier alpha value is -2.66. The molecule has 1 aliphatic rings. The van der Waals surface area contributed by atoms with E-state index in [9.17, 15) is 9.59 Å². The van der Waals surface area contributed by atoms with Gasteiger partial charge in [0.1, 0.15) is 6.04 Å². The van der Waals surface area contributed by atoms with Crippen molar-refractivity contribution in [2.24, 2.45) is 5.92 Å². The van der Waals surface area contributed by atoms with Crippen molar-refractivity contribution < 1.29 is 9.59 Å². The van der Waals surface area contributed by atoms with Crippen LogP contribution in [0.15, 0.2) is 54.6 Å². The first-order valence-corrected chi connectivity index (χ1v) is 10.00. The van der Waals surface area contributed by atoms with Crippen molar-refractivity contribution in [1.29, 1.82) is 0 Å². The fourth-order valence-corrected chi connectivity index (χ4v) is 3.45. The van der Waals surface area contributed by atoms with E-state index < -0.39 is 6.04 Å². The van der Waals surface area contributed by atoms with Crippen molar-refractivity contribution >= 4 is 11.8 Å². The lowest BCUT2D eigenvalue weighted by Crippen LogP contribution is -2.50. The molecule has 5 heteroatoms. The van der Waals surface area contributed by atoms with Crippen LogP contribution in [0.4, 0.5) is 0 Å². The molecule has 1 saturated heterocycles. The van der Waals surface area contributed by atoms with E-state index in [4.69, 9.17) is 0 Å². The summed E-state index contributed by atoms with van der Waals surface area (Å²) in [5, 5.41) is 9.25. The first kappa shape index (κ1) is 20.1. The number of piperidine rings is 1. The second-order valence-electron chi connectivity index (χ2n) is 7.48. The van der Waals surface area contributed by atoms with Gasteiger partial charge in [0.05, 0.1) is 0 Å². The molecule has 0 spiro atoms. The third kappa shape index (κ3) is 5.92. The topological polar surface area (TPSA) is 70.2 Å². The van der Waals surface area contributed by atoms with Gasteiger partial charge in [-0.3, -0.25) is 9.59 Å². The van der Waals surface area contributed by atoms with Gasteiger partial charge in [-0.2, -0.15) is 0 Å². The number of benzene rings is 2. The minimum Gasteiger partial charge on any atom is -0.350 e. The highest BCUT2D eigenvalue weighted by Gasteiger charge is 2.26. The first-order valence-electron chi connectivity index (χ1n) is 10.00. The molecule has 0 aliphatic carbocycles. The Labute approximate surface area is 166 Å². The number of aryl methyl sites for hydroxylation is 1. The number of hydrogen-bond donors (Lipinski definition) is 3. The summed E-state index contributed by atoms with van der Waals surface area (Å²) in [4.78, 5) is 25.6. The lowest BCUT2D eigenvalue weighted by atomic mass is 9.96. The predicted molar refractivity (Wildman–Crippen MR) is 111 cm³/mol. The van der Waals surface area contributed by atoms with E-state index in [2.05, 4.69) is 16.0 Å². The summed E-state index contributed by atoms with van der Waals surface area (Å²) >= 11 is 0. The number of amides is 2. The molecule has 0 unspecified atom stereocenters. The van der Waals surface area contributed by atoms with Crippen LogP contribution in [-0.4, -0.2) is 30.9 Å². The average Bonchev–Trinajstić information content (AvgIpc) is 2.74. The average molecular weight is 380 g/mol. The smallest absolute Gasteiger partial charge is 0.243 e. The summed E-state index contributed by atoms with van der Waals surface area (Å²) in [5.74, 6) is -0.191. The van der Waals surface area contributed by atoms with E-state index in [-0.39, 0.29) is 17.7 Å². The van der Waals surface area contributed by atoms with Gasteiger partial charge in [0.25, 0.3) is 0 Å². The summed E-state index contributed by atoms with van der Waals surface area (Å²) in [6.07, 6.45) is 2.11. The minimum atomic E-state index is -0.574. The van der Waals surface area contributed by atoms with Crippen LogP contribution < -0.4 is 16.0 Å². The molecule has 1 heterocycles. The summed E-state index contributed by atoms with van der Waals surface area (Å²) in [6.45, 7) is 4.18. The minimum absolute atomic E-state index is 0.0204. The molecule has 2 amide bonds. The molecule has 5 nitrogen and oxygen atoms in total. The highest BCUT2D eigenvalue weighted by molar-refractivity contribution is 5.88. The maximum absolute atomic E-state index is 12.9. The monoisotopic (exact) mass is 379 g/mol. The van der Waals surface area contributed by atoms with Gasteiger partial charge in [0.2, 0.25) is 11.8 Å². The molecule has 0 aromatic heterocycles. The summed E-state index contributed by atoms with van der Waals surface area (Å²) < 4.78 is 0. The Morgan fingerprint density at radius 3 is 2.36 bits per heavy atom. The van der Waals surface area contributed by atoms with E-state index in [0.717, 1.165) is 37.1 Å². The Kier molecular flexibility index (Phi) is 7.20. The molecule has 1 atom stereocenters. The van der Waals surface area contributed by atoms with Crippen LogP contribution in [-0.2, 0) is 22.6 Å². The van der Waals surface area contributed by atoms with Crippen molar-refractivity contribution in [1.82, 2.24) is 16.0 Å². The third-order valence-corrected chi connectivity index (χ3v) is 5.21. The second kappa shape index (κ2) is 10.0. The zero-order valence-electron chi connectivity index (χ0n) is 16.4. The van der Waals surface area contributed by atoms with Gasteiger partial charge in [0, 0.05) is 18.9 Å². The molecule has 28 heavy (non-hydrogen) atoms. The van der Waals surface area contributed by atoms with E-state index >= 15 is 0 Å².